The highest BCUT2D eigenvalue weighted by Gasteiger charge is 2.26. The molecule has 154 valence electrons. The first-order valence-corrected chi connectivity index (χ1v) is 10.00. The van der Waals surface area contributed by atoms with E-state index in [4.69, 9.17) is 10.5 Å². The number of carbonyl (C=O) groups is 2. The number of amides is 2. The highest BCUT2D eigenvalue weighted by Crippen LogP contribution is 2.20. The van der Waals surface area contributed by atoms with Gasteiger partial charge >= 0.3 is 0 Å². The number of carbonyl (C=O) groups excluding carboxylic acids is 2. The van der Waals surface area contributed by atoms with Crippen LogP contribution in [-0.4, -0.2) is 43.0 Å². The third kappa shape index (κ3) is 5.35. The van der Waals surface area contributed by atoms with Crippen molar-refractivity contribution in [2.24, 2.45) is 5.73 Å². The van der Waals surface area contributed by atoms with Crippen LogP contribution < -0.4 is 15.8 Å². The van der Waals surface area contributed by atoms with Gasteiger partial charge in [0.05, 0.1) is 13.5 Å². The normalized spacial score (nSPS) is 15.6. The fourth-order valence-corrected chi connectivity index (χ4v) is 3.61. The molecule has 1 unspecified atom stereocenters. The van der Waals surface area contributed by atoms with Crippen molar-refractivity contribution in [2.45, 2.75) is 38.3 Å². The van der Waals surface area contributed by atoms with E-state index in [1.54, 1.807) is 7.11 Å². The average molecular weight is 396 g/mol. The van der Waals surface area contributed by atoms with Crippen LogP contribution >= 0.6 is 0 Å². The first kappa shape index (κ1) is 20.9. The average Bonchev–Trinajstić information content (AvgIpc) is 2.74. The topological polar surface area (TPSA) is 84.7 Å². The Morgan fingerprint density at radius 2 is 1.79 bits per heavy atom. The number of para-hydroxylation sites is 1. The number of piperidine rings is 1. The van der Waals surface area contributed by atoms with E-state index in [0.717, 1.165) is 35.3 Å². The van der Waals surface area contributed by atoms with Gasteiger partial charge in [0.2, 0.25) is 11.8 Å². The van der Waals surface area contributed by atoms with Crippen LogP contribution in [0, 0.1) is 6.92 Å². The third-order valence-corrected chi connectivity index (χ3v) is 5.45. The molecule has 0 bridgehead atoms. The predicted molar refractivity (Wildman–Crippen MR) is 113 cm³/mol. The smallest absolute Gasteiger partial charge is 0.241 e. The summed E-state index contributed by atoms with van der Waals surface area (Å²) < 4.78 is 5.33. The van der Waals surface area contributed by atoms with Gasteiger partial charge in [-0.2, -0.15) is 0 Å². The van der Waals surface area contributed by atoms with Gasteiger partial charge in [-0.25, -0.2) is 0 Å². The van der Waals surface area contributed by atoms with E-state index in [0.29, 0.717) is 19.5 Å². The zero-order valence-corrected chi connectivity index (χ0v) is 17.1. The van der Waals surface area contributed by atoms with E-state index in [1.165, 1.54) is 0 Å². The molecule has 6 nitrogen and oxygen atoms in total. The highest BCUT2D eigenvalue weighted by atomic mass is 16.5. The molecular weight excluding hydrogens is 366 g/mol. The molecule has 2 aromatic rings. The Hall–Kier alpha value is -2.86. The van der Waals surface area contributed by atoms with Crippen molar-refractivity contribution in [1.82, 2.24) is 10.2 Å². The SMILES string of the molecule is COc1ccccc1CC(=O)N1CCC(NC(=O)C(N)c2ccc(C)cc2)CC1. The molecule has 2 amide bonds. The minimum atomic E-state index is -0.680. The number of likely N-dealkylation sites (tertiary alicyclic amines) is 1. The second-order valence-corrected chi connectivity index (χ2v) is 7.54. The van der Waals surface area contributed by atoms with E-state index in [2.05, 4.69) is 5.32 Å². The van der Waals surface area contributed by atoms with Gasteiger partial charge in [-0.15, -0.1) is 0 Å². The Morgan fingerprint density at radius 1 is 1.14 bits per heavy atom. The number of rotatable bonds is 6. The quantitative estimate of drug-likeness (QED) is 0.786. The maximum Gasteiger partial charge on any atom is 0.241 e. The van der Waals surface area contributed by atoms with E-state index < -0.39 is 6.04 Å². The second-order valence-electron chi connectivity index (χ2n) is 7.54. The monoisotopic (exact) mass is 395 g/mol. The largest absolute Gasteiger partial charge is 0.496 e. The summed E-state index contributed by atoms with van der Waals surface area (Å²) in [6.45, 7) is 3.25. The molecule has 3 rings (SSSR count). The minimum Gasteiger partial charge on any atom is -0.496 e. The van der Waals surface area contributed by atoms with Gasteiger partial charge in [0.1, 0.15) is 11.8 Å². The highest BCUT2D eigenvalue weighted by molar-refractivity contribution is 5.83. The summed E-state index contributed by atoms with van der Waals surface area (Å²) in [7, 11) is 1.61. The molecule has 29 heavy (non-hydrogen) atoms. The van der Waals surface area contributed by atoms with Crippen molar-refractivity contribution in [2.75, 3.05) is 20.2 Å². The fourth-order valence-electron chi connectivity index (χ4n) is 3.61. The summed E-state index contributed by atoms with van der Waals surface area (Å²) in [5, 5.41) is 3.04. The van der Waals surface area contributed by atoms with Crippen LogP contribution in [0.25, 0.3) is 0 Å². The molecule has 0 saturated carbocycles. The van der Waals surface area contributed by atoms with Crippen molar-refractivity contribution < 1.29 is 14.3 Å². The summed E-state index contributed by atoms with van der Waals surface area (Å²) in [5.74, 6) is 0.636. The van der Waals surface area contributed by atoms with Crippen LogP contribution in [0.4, 0.5) is 0 Å². The maximum absolute atomic E-state index is 12.6. The fraction of sp³-hybridized carbons (Fsp3) is 0.391. The van der Waals surface area contributed by atoms with Crippen molar-refractivity contribution >= 4 is 11.8 Å². The maximum atomic E-state index is 12.6. The van der Waals surface area contributed by atoms with Crippen molar-refractivity contribution in [1.29, 1.82) is 0 Å². The number of nitrogens with one attached hydrogen (secondary N) is 1. The van der Waals surface area contributed by atoms with Crippen molar-refractivity contribution in [3.05, 3.63) is 65.2 Å². The summed E-state index contributed by atoms with van der Waals surface area (Å²) in [4.78, 5) is 27.0. The summed E-state index contributed by atoms with van der Waals surface area (Å²) in [6.07, 6.45) is 1.77. The standard InChI is InChI=1S/C23H29N3O3/c1-16-7-9-17(10-8-16)22(24)23(28)25-19-11-13-26(14-12-19)21(27)15-18-5-3-4-6-20(18)29-2/h3-10,19,22H,11-15,24H2,1-2H3,(H,25,28). The lowest BCUT2D eigenvalue weighted by Gasteiger charge is -2.33. The molecule has 0 spiro atoms. The molecule has 0 radical (unpaired) electrons. The molecule has 0 aromatic heterocycles. The Balaban J connectivity index is 1.49. The first-order valence-electron chi connectivity index (χ1n) is 10.00. The lowest BCUT2D eigenvalue weighted by molar-refractivity contribution is -0.131. The molecule has 1 aliphatic heterocycles. The zero-order valence-electron chi connectivity index (χ0n) is 17.1. The number of hydrogen-bond donors (Lipinski definition) is 2. The summed E-state index contributed by atoms with van der Waals surface area (Å²) >= 11 is 0. The zero-order chi connectivity index (χ0) is 20.8. The third-order valence-electron chi connectivity index (χ3n) is 5.45. The Labute approximate surface area is 172 Å². The van der Waals surface area contributed by atoms with Gasteiger partial charge in [0.25, 0.3) is 0 Å². The van der Waals surface area contributed by atoms with Gasteiger partial charge in [-0.05, 0) is 31.4 Å². The number of nitrogens with two attached hydrogens (primary N) is 1. The lowest BCUT2D eigenvalue weighted by atomic mass is 10.0. The van der Waals surface area contributed by atoms with Crippen molar-refractivity contribution in [3.63, 3.8) is 0 Å². The summed E-state index contributed by atoms with van der Waals surface area (Å²) in [5.41, 5.74) is 8.93. The molecule has 1 aliphatic rings. The number of nitrogens with zero attached hydrogens (tertiary/aromatic N) is 1. The van der Waals surface area contributed by atoms with Crippen LogP contribution in [0.1, 0.15) is 35.6 Å². The molecule has 2 aromatic carbocycles. The van der Waals surface area contributed by atoms with E-state index >= 15 is 0 Å². The van der Waals surface area contributed by atoms with Gasteiger partial charge in [-0.3, -0.25) is 9.59 Å². The number of aryl methyl sites for hydroxylation is 1. The second kappa shape index (κ2) is 9.56. The molecule has 1 fully saturated rings. The van der Waals surface area contributed by atoms with Crippen LogP contribution in [-0.2, 0) is 16.0 Å². The number of hydrogen-bond acceptors (Lipinski definition) is 4. The molecule has 3 N–H and O–H groups in total. The number of ether oxygens (including phenoxy) is 1. The first-order chi connectivity index (χ1) is 14.0. The molecule has 1 heterocycles. The number of methoxy groups -OCH3 is 1. The van der Waals surface area contributed by atoms with E-state index in [9.17, 15) is 9.59 Å². The van der Waals surface area contributed by atoms with Crippen LogP contribution in [0.3, 0.4) is 0 Å². The van der Waals surface area contributed by atoms with Gasteiger partial charge in [-0.1, -0.05) is 48.0 Å². The molecule has 6 heteroatoms. The lowest BCUT2D eigenvalue weighted by Crippen LogP contribution is -2.48. The molecule has 1 saturated heterocycles. The van der Waals surface area contributed by atoms with E-state index in [1.807, 2.05) is 60.4 Å². The molecule has 0 aliphatic carbocycles. The van der Waals surface area contributed by atoms with Crippen LogP contribution in [0.5, 0.6) is 5.75 Å². The van der Waals surface area contributed by atoms with Crippen LogP contribution in [0.15, 0.2) is 48.5 Å². The predicted octanol–water partition coefficient (Wildman–Crippen LogP) is 2.35. The number of benzene rings is 2. The van der Waals surface area contributed by atoms with Gasteiger partial charge in [0, 0.05) is 24.7 Å². The van der Waals surface area contributed by atoms with Crippen LogP contribution in [0.2, 0.25) is 0 Å². The Kier molecular flexibility index (Phi) is 6.88. The summed E-state index contributed by atoms with van der Waals surface area (Å²) in [6, 6.07) is 14.6. The molecule has 1 atom stereocenters. The molecular formula is C23H29N3O3. The Bertz CT molecular complexity index is 843. The van der Waals surface area contributed by atoms with Crippen molar-refractivity contribution in [3.8, 4) is 5.75 Å². The minimum absolute atomic E-state index is 0.0364. The van der Waals surface area contributed by atoms with Gasteiger partial charge < -0.3 is 20.7 Å². The van der Waals surface area contributed by atoms with E-state index in [-0.39, 0.29) is 17.9 Å². The van der Waals surface area contributed by atoms with Gasteiger partial charge in [0.15, 0.2) is 0 Å². The Morgan fingerprint density at radius 3 is 2.45 bits per heavy atom.